The van der Waals surface area contributed by atoms with E-state index in [1.54, 1.807) is 0 Å². The number of rotatable bonds is 6. The Morgan fingerprint density at radius 1 is 0.897 bits per heavy atom. The maximum Gasteiger partial charge on any atom is 0.323 e. The van der Waals surface area contributed by atoms with Gasteiger partial charge in [-0.05, 0) is 54.4 Å². The fourth-order valence-electron chi connectivity index (χ4n) is 4.80. The zero-order valence-corrected chi connectivity index (χ0v) is 21.2. The number of nitrogen functional groups attached to an aromatic ring is 1. The summed E-state index contributed by atoms with van der Waals surface area (Å²) in [4.78, 5) is 14.1. The Morgan fingerprint density at radius 2 is 1.67 bits per heavy atom. The number of nitrogens with one attached hydrogen (secondary N) is 1. The van der Waals surface area contributed by atoms with Crippen LogP contribution < -0.4 is 16.4 Å². The number of aromatic nitrogens is 5. The van der Waals surface area contributed by atoms with Gasteiger partial charge in [0.2, 0.25) is 0 Å². The number of nitrogens with zero attached hydrogens (tertiary/aromatic N) is 5. The summed E-state index contributed by atoms with van der Waals surface area (Å²) in [5.41, 5.74) is 19.4. The fourth-order valence-corrected chi connectivity index (χ4v) is 4.80. The van der Waals surface area contributed by atoms with Crippen LogP contribution in [0.4, 0.5) is 22.0 Å². The number of hydrogen-bond donors (Lipinski definition) is 3. The van der Waals surface area contributed by atoms with Gasteiger partial charge >= 0.3 is 6.03 Å². The van der Waals surface area contributed by atoms with Crippen LogP contribution >= 0.6 is 0 Å². The molecule has 0 atom stereocenters. The SMILES string of the molecule is Cc1cccc(N(C(N)=O)c2cccc(-c3c(-c4ccc5[nH]nc(N)c5c4)nnn3Cc3ccccc3)c2)c1. The molecule has 0 aliphatic carbocycles. The van der Waals surface area contributed by atoms with Crippen molar-refractivity contribution >= 4 is 34.1 Å². The van der Waals surface area contributed by atoms with Crippen molar-refractivity contribution in [1.82, 2.24) is 25.2 Å². The van der Waals surface area contributed by atoms with Crippen LogP contribution in [0.3, 0.4) is 0 Å². The van der Waals surface area contributed by atoms with Crippen LogP contribution in [0.25, 0.3) is 33.4 Å². The number of carbonyl (C=O) groups is 1. The molecule has 39 heavy (non-hydrogen) atoms. The van der Waals surface area contributed by atoms with E-state index in [-0.39, 0.29) is 0 Å². The van der Waals surface area contributed by atoms with Crippen LogP contribution in [-0.4, -0.2) is 31.2 Å². The minimum atomic E-state index is -0.574. The topological polar surface area (TPSA) is 132 Å². The number of carbonyl (C=O) groups excluding carboxylic acids is 1. The number of aryl methyl sites for hydroxylation is 1. The number of amides is 2. The Balaban J connectivity index is 1.51. The van der Waals surface area contributed by atoms with Crippen LogP contribution in [0.2, 0.25) is 0 Å². The summed E-state index contributed by atoms with van der Waals surface area (Å²) in [5, 5.41) is 17.0. The normalized spacial score (nSPS) is 11.1. The number of hydrogen-bond acceptors (Lipinski definition) is 5. The Kier molecular flexibility index (Phi) is 6.01. The maximum atomic E-state index is 12.6. The van der Waals surface area contributed by atoms with E-state index >= 15 is 0 Å². The highest BCUT2D eigenvalue weighted by Crippen LogP contribution is 2.36. The number of primary amides is 1. The van der Waals surface area contributed by atoms with Gasteiger partial charge in [0.15, 0.2) is 5.82 Å². The summed E-state index contributed by atoms with van der Waals surface area (Å²) >= 11 is 0. The molecule has 6 aromatic rings. The number of benzene rings is 4. The molecule has 9 nitrogen and oxygen atoms in total. The lowest BCUT2D eigenvalue weighted by molar-refractivity contribution is 0.256. The number of fused-ring (bicyclic) bond motifs is 1. The van der Waals surface area contributed by atoms with Crippen molar-refractivity contribution in [2.45, 2.75) is 13.5 Å². The van der Waals surface area contributed by atoms with Gasteiger partial charge in [-0.1, -0.05) is 65.9 Å². The molecule has 0 spiro atoms. The molecule has 2 heterocycles. The van der Waals surface area contributed by atoms with E-state index in [4.69, 9.17) is 11.5 Å². The van der Waals surface area contributed by atoms with Crippen molar-refractivity contribution in [2.75, 3.05) is 10.6 Å². The van der Waals surface area contributed by atoms with Crippen molar-refractivity contribution in [3.8, 4) is 22.5 Å². The summed E-state index contributed by atoms with van der Waals surface area (Å²) in [6, 6.07) is 30.7. The molecular weight excluding hydrogens is 488 g/mol. The molecule has 0 radical (unpaired) electrons. The molecule has 192 valence electrons. The molecule has 0 unspecified atom stereocenters. The second kappa shape index (κ2) is 9.79. The van der Waals surface area contributed by atoms with E-state index in [0.29, 0.717) is 29.4 Å². The van der Waals surface area contributed by atoms with Crippen molar-refractivity contribution in [2.24, 2.45) is 5.73 Å². The second-order valence-electron chi connectivity index (χ2n) is 9.36. The first-order chi connectivity index (χ1) is 19.0. The third-order valence-corrected chi connectivity index (χ3v) is 6.63. The Hall–Kier alpha value is -5.44. The molecule has 2 amide bonds. The lowest BCUT2D eigenvalue weighted by Gasteiger charge is -2.22. The summed E-state index contributed by atoms with van der Waals surface area (Å²) in [5.74, 6) is 0.419. The number of urea groups is 1. The monoisotopic (exact) mass is 514 g/mol. The van der Waals surface area contributed by atoms with Crippen LogP contribution in [-0.2, 0) is 6.54 Å². The van der Waals surface area contributed by atoms with Gasteiger partial charge < -0.3 is 11.5 Å². The van der Waals surface area contributed by atoms with Crippen LogP contribution in [0, 0.1) is 6.92 Å². The van der Waals surface area contributed by atoms with E-state index in [1.165, 1.54) is 4.90 Å². The molecule has 0 saturated carbocycles. The molecule has 4 aromatic carbocycles. The van der Waals surface area contributed by atoms with E-state index in [9.17, 15) is 4.79 Å². The van der Waals surface area contributed by atoms with Gasteiger partial charge in [0.1, 0.15) is 5.69 Å². The second-order valence-corrected chi connectivity index (χ2v) is 9.36. The van der Waals surface area contributed by atoms with E-state index in [0.717, 1.165) is 38.9 Å². The minimum Gasteiger partial charge on any atom is -0.382 e. The molecule has 0 aliphatic rings. The molecule has 9 heteroatoms. The van der Waals surface area contributed by atoms with Crippen molar-refractivity contribution in [3.63, 3.8) is 0 Å². The maximum absolute atomic E-state index is 12.6. The predicted molar refractivity (Wildman–Crippen MR) is 153 cm³/mol. The van der Waals surface area contributed by atoms with Crippen molar-refractivity contribution in [3.05, 3.63) is 108 Å². The van der Waals surface area contributed by atoms with Crippen molar-refractivity contribution < 1.29 is 4.79 Å². The zero-order valence-electron chi connectivity index (χ0n) is 21.2. The highest BCUT2D eigenvalue weighted by Gasteiger charge is 2.21. The standard InChI is InChI=1S/C30H26N8O/c1-19-7-5-11-23(15-19)38(30(32)39)24-12-6-10-22(16-24)28-27(21-13-14-26-25(17-21)29(31)35-33-26)34-36-37(28)18-20-8-3-2-4-9-20/h2-17H,18H2,1H3,(H2,32,39)(H3,31,33,35). The first-order valence-electron chi connectivity index (χ1n) is 12.5. The number of H-pyrrole nitrogens is 1. The van der Waals surface area contributed by atoms with Crippen LogP contribution in [0.5, 0.6) is 0 Å². The van der Waals surface area contributed by atoms with E-state index < -0.39 is 6.03 Å². The van der Waals surface area contributed by atoms with Gasteiger partial charge in [0.05, 0.1) is 29.1 Å². The molecular formula is C30H26N8O. The molecule has 0 bridgehead atoms. The summed E-state index contributed by atoms with van der Waals surface area (Å²) in [7, 11) is 0. The fraction of sp³-hybridized carbons (Fsp3) is 0.0667. The molecule has 0 aliphatic heterocycles. The third kappa shape index (κ3) is 4.57. The molecule has 0 fully saturated rings. The Labute approximate surface area is 224 Å². The van der Waals surface area contributed by atoms with Gasteiger partial charge in [-0.3, -0.25) is 10.00 Å². The Bertz CT molecular complexity index is 1800. The quantitative estimate of drug-likeness (QED) is 0.264. The lowest BCUT2D eigenvalue weighted by Crippen LogP contribution is -2.31. The summed E-state index contributed by atoms with van der Waals surface area (Å²) < 4.78 is 1.87. The Morgan fingerprint density at radius 3 is 2.44 bits per heavy atom. The summed E-state index contributed by atoms with van der Waals surface area (Å²) in [6.07, 6.45) is 0. The number of nitrogens with two attached hydrogens (primary N) is 2. The van der Waals surface area contributed by atoms with Gasteiger partial charge in [-0.2, -0.15) is 5.10 Å². The van der Waals surface area contributed by atoms with Crippen LogP contribution in [0.1, 0.15) is 11.1 Å². The van der Waals surface area contributed by atoms with Gasteiger partial charge in [-0.25, -0.2) is 9.48 Å². The molecule has 0 saturated heterocycles. The average molecular weight is 515 g/mol. The molecule has 6 rings (SSSR count). The smallest absolute Gasteiger partial charge is 0.323 e. The highest BCUT2D eigenvalue weighted by molar-refractivity contribution is 5.99. The predicted octanol–water partition coefficient (Wildman–Crippen LogP) is 5.64. The molecule has 2 aromatic heterocycles. The van der Waals surface area contributed by atoms with E-state index in [2.05, 4.69) is 20.5 Å². The third-order valence-electron chi connectivity index (χ3n) is 6.63. The molecule has 5 N–H and O–H groups in total. The average Bonchev–Trinajstić information content (AvgIpc) is 3.52. The lowest BCUT2D eigenvalue weighted by atomic mass is 10.0. The summed E-state index contributed by atoms with van der Waals surface area (Å²) in [6.45, 7) is 2.49. The largest absolute Gasteiger partial charge is 0.382 e. The number of anilines is 3. The van der Waals surface area contributed by atoms with Gasteiger partial charge in [0.25, 0.3) is 0 Å². The van der Waals surface area contributed by atoms with Gasteiger partial charge in [-0.15, -0.1) is 5.10 Å². The highest BCUT2D eigenvalue weighted by atomic mass is 16.2. The van der Waals surface area contributed by atoms with E-state index in [1.807, 2.05) is 109 Å². The van der Waals surface area contributed by atoms with Crippen molar-refractivity contribution in [1.29, 1.82) is 0 Å². The number of aromatic amines is 1. The van der Waals surface area contributed by atoms with Crippen LogP contribution in [0.15, 0.2) is 97.1 Å². The first-order valence-corrected chi connectivity index (χ1v) is 12.5. The minimum absolute atomic E-state index is 0.419. The first kappa shape index (κ1) is 23.9. The zero-order chi connectivity index (χ0) is 26.9. The van der Waals surface area contributed by atoms with Gasteiger partial charge in [0, 0.05) is 16.5 Å².